The maximum absolute atomic E-state index is 11.3. The van der Waals surface area contributed by atoms with E-state index in [4.69, 9.17) is 4.74 Å². The van der Waals surface area contributed by atoms with Gasteiger partial charge >= 0.3 is 12.1 Å². The maximum Gasteiger partial charge on any atom is 0.407 e. The molecular weight excluding hydrogens is 210 g/mol. The molecule has 1 aliphatic heterocycles. The first kappa shape index (κ1) is 10.5. The van der Waals surface area contributed by atoms with E-state index in [2.05, 4.69) is 10.1 Å². The quantitative estimate of drug-likeness (QED) is 0.763. The Morgan fingerprint density at radius 2 is 2.38 bits per heavy atom. The van der Waals surface area contributed by atoms with Crippen molar-refractivity contribution in [1.29, 1.82) is 0 Å². The van der Waals surface area contributed by atoms with Gasteiger partial charge in [-0.15, -0.1) is 0 Å². The molecule has 5 heteroatoms. The van der Waals surface area contributed by atoms with Crippen molar-refractivity contribution in [2.24, 2.45) is 0 Å². The predicted molar refractivity (Wildman–Crippen MR) is 55.0 cm³/mol. The second-order valence-corrected chi connectivity index (χ2v) is 3.41. The molecule has 1 aromatic carbocycles. The summed E-state index contributed by atoms with van der Waals surface area (Å²) in [6.45, 7) is 0.281. The van der Waals surface area contributed by atoms with Gasteiger partial charge in [-0.05, 0) is 17.7 Å². The molecule has 1 aliphatic rings. The van der Waals surface area contributed by atoms with E-state index < -0.39 is 12.1 Å². The van der Waals surface area contributed by atoms with Crippen molar-refractivity contribution in [3.8, 4) is 0 Å². The van der Waals surface area contributed by atoms with E-state index in [-0.39, 0.29) is 12.6 Å². The van der Waals surface area contributed by atoms with Crippen LogP contribution in [0.25, 0.3) is 0 Å². The fraction of sp³-hybridized carbons (Fsp3) is 0.273. The summed E-state index contributed by atoms with van der Waals surface area (Å²) in [5.74, 6) is -0.396. The van der Waals surface area contributed by atoms with Crippen LogP contribution in [0.3, 0.4) is 0 Å². The van der Waals surface area contributed by atoms with Crippen molar-refractivity contribution < 1.29 is 19.1 Å². The molecular formula is C11H11NO4. The van der Waals surface area contributed by atoms with Gasteiger partial charge in [0.15, 0.2) is 0 Å². The lowest BCUT2D eigenvalue weighted by atomic mass is 10.1. The highest BCUT2D eigenvalue weighted by Crippen LogP contribution is 2.19. The van der Waals surface area contributed by atoms with Crippen LogP contribution < -0.4 is 5.32 Å². The molecule has 0 spiro atoms. The van der Waals surface area contributed by atoms with Gasteiger partial charge in [0.25, 0.3) is 0 Å². The van der Waals surface area contributed by atoms with E-state index >= 15 is 0 Å². The van der Waals surface area contributed by atoms with Crippen molar-refractivity contribution in [3.63, 3.8) is 0 Å². The summed E-state index contributed by atoms with van der Waals surface area (Å²) in [5, 5.41) is 2.64. The summed E-state index contributed by atoms with van der Waals surface area (Å²) in [7, 11) is 1.33. The third-order valence-corrected chi connectivity index (χ3v) is 2.38. The number of hydrogen-bond donors (Lipinski definition) is 1. The van der Waals surface area contributed by atoms with Crippen LogP contribution in [0, 0.1) is 0 Å². The van der Waals surface area contributed by atoms with Crippen molar-refractivity contribution in [3.05, 3.63) is 35.4 Å². The molecule has 1 atom stereocenters. The highest BCUT2D eigenvalue weighted by atomic mass is 16.6. The SMILES string of the molecule is COC(=O)c1cccc(C2COC(=O)N2)c1. The number of alkyl carbamates (subject to hydrolysis) is 1. The lowest BCUT2D eigenvalue weighted by Gasteiger charge is -2.08. The summed E-state index contributed by atoms with van der Waals surface area (Å²) in [6.07, 6.45) is -0.437. The van der Waals surface area contributed by atoms with Gasteiger partial charge in [0.1, 0.15) is 6.61 Å². The molecule has 0 aromatic heterocycles. The maximum atomic E-state index is 11.3. The highest BCUT2D eigenvalue weighted by molar-refractivity contribution is 5.89. The lowest BCUT2D eigenvalue weighted by Crippen LogP contribution is -2.18. The largest absolute Gasteiger partial charge is 0.465 e. The summed E-state index contributed by atoms with van der Waals surface area (Å²) < 4.78 is 9.40. The first-order valence-electron chi connectivity index (χ1n) is 4.82. The molecule has 1 fully saturated rings. The van der Waals surface area contributed by atoms with Crippen LogP contribution in [0.5, 0.6) is 0 Å². The number of esters is 1. The summed E-state index contributed by atoms with van der Waals surface area (Å²) >= 11 is 0. The van der Waals surface area contributed by atoms with Crippen LogP contribution in [0.4, 0.5) is 4.79 Å². The molecule has 1 aromatic rings. The smallest absolute Gasteiger partial charge is 0.407 e. The molecule has 1 saturated heterocycles. The van der Waals surface area contributed by atoms with Crippen molar-refractivity contribution in [2.75, 3.05) is 13.7 Å². The average molecular weight is 221 g/mol. The Hall–Kier alpha value is -2.04. The molecule has 1 heterocycles. The van der Waals surface area contributed by atoms with Gasteiger partial charge in [0, 0.05) is 0 Å². The Balaban J connectivity index is 2.22. The van der Waals surface area contributed by atoms with E-state index in [9.17, 15) is 9.59 Å². The van der Waals surface area contributed by atoms with Crippen LogP contribution in [-0.2, 0) is 9.47 Å². The van der Waals surface area contributed by atoms with Gasteiger partial charge in [0.2, 0.25) is 0 Å². The number of carbonyl (C=O) groups excluding carboxylic acids is 2. The summed E-state index contributed by atoms with van der Waals surface area (Å²) in [6, 6.07) is 6.72. The first-order valence-corrected chi connectivity index (χ1v) is 4.82. The topological polar surface area (TPSA) is 64.6 Å². The minimum Gasteiger partial charge on any atom is -0.465 e. The minimum atomic E-state index is -0.437. The van der Waals surface area contributed by atoms with Gasteiger partial charge in [-0.1, -0.05) is 12.1 Å². The first-order chi connectivity index (χ1) is 7.70. The third-order valence-electron chi connectivity index (χ3n) is 2.38. The summed E-state index contributed by atoms with van der Waals surface area (Å²) in [4.78, 5) is 22.2. The van der Waals surface area contributed by atoms with Crippen LogP contribution in [0.2, 0.25) is 0 Å². The Kier molecular flexibility index (Phi) is 2.76. The zero-order valence-electron chi connectivity index (χ0n) is 8.73. The molecule has 1 N–H and O–H groups in total. The van der Waals surface area contributed by atoms with Crippen molar-refractivity contribution in [1.82, 2.24) is 5.32 Å². The number of hydrogen-bond acceptors (Lipinski definition) is 4. The van der Waals surface area contributed by atoms with Gasteiger partial charge in [0.05, 0.1) is 18.7 Å². The molecule has 2 rings (SSSR count). The second-order valence-electron chi connectivity index (χ2n) is 3.41. The number of carbonyl (C=O) groups is 2. The van der Waals surface area contributed by atoms with Crippen LogP contribution in [0.1, 0.15) is 22.0 Å². The summed E-state index contributed by atoms with van der Waals surface area (Å²) in [5.41, 5.74) is 1.29. The number of ether oxygens (including phenoxy) is 2. The highest BCUT2D eigenvalue weighted by Gasteiger charge is 2.24. The van der Waals surface area contributed by atoms with Crippen LogP contribution in [0.15, 0.2) is 24.3 Å². The van der Waals surface area contributed by atoms with Gasteiger partial charge in [-0.2, -0.15) is 0 Å². The lowest BCUT2D eigenvalue weighted by molar-refractivity contribution is 0.0600. The monoisotopic (exact) mass is 221 g/mol. The van der Waals surface area contributed by atoms with Crippen molar-refractivity contribution in [2.45, 2.75) is 6.04 Å². The van der Waals surface area contributed by atoms with E-state index in [1.807, 2.05) is 6.07 Å². The number of benzene rings is 1. The normalized spacial score (nSPS) is 18.8. The molecule has 0 radical (unpaired) electrons. The molecule has 0 bridgehead atoms. The molecule has 5 nitrogen and oxygen atoms in total. The fourth-order valence-corrected chi connectivity index (χ4v) is 1.56. The molecule has 84 valence electrons. The van der Waals surface area contributed by atoms with Gasteiger partial charge < -0.3 is 14.8 Å². The Morgan fingerprint density at radius 3 is 3.00 bits per heavy atom. The Bertz CT molecular complexity index is 430. The Morgan fingerprint density at radius 1 is 1.56 bits per heavy atom. The van der Waals surface area contributed by atoms with E-state index in [1.165, 1.54) is 7.11 Å². The second kappa shape index (κ2) is 4.22. The van der Waals surface area contributed by atoms with Crippen LogP contribution in [-0.4, -0.2) is 25.8 Å². The Labute approximate surface area is 92.4 Å². The number of cyclic esters (lactones) is 1. The zero-order valence-corrected chi connectivity index (χ0v) is 8.73. The predicted octanol–water partition coefficient (Wildman–Crippen LogP) is 1.25. The molecule has 1 unspecified atom stereocenters. The average Bonchev–Trinajstić information content (AvgIpc) is 2.75. The number of amides is 1. The van der Waals surface area contributed by atoms with Gasteiger partial charge in [-0.25, -0.2) is 9.59 Å². The molecule has 0 aliphatic carbocycles. The van der Waals surface area contributed by atoms with E-state index in [0.29, 0.717) is 5.56 Å². The van der Waals surface area contributed by atoms with Crippen molar-refractivity contribution >= 4 is 12.1 Å². The van der Waals surface area contributed by atoms with E-state index in [0.717, 1.165) is 5.56 Å². The third kappa shape index (κ3) is 1.98. The van der Waals surface area contributed by atoms with Crippen LogP contribution >= 0.6 is 0 Å². The molecule has 16 heavy (non-hydrogen) atoms. The number of methoxy groups -OCH3 is 1. The van der Waals surface area contributed by atoms with E-state index in [1.54, 1.807) is 18.2 Å². The standard InChI is InChI=1S/C11H11NO4/c1-15-10(13)8-4-2-3-7(5-8)9-6-16-11(14)12-9/h2-5,9H,6H2,1H3,(H,12,14). The fourth-order valence-electron chi connectivity index (χ4n) is 1.56. The number of rotatable bonds is 2. The molecule has 1 amide bonds. The zero-order chi connectivity index (χ0) is 11.5. The number of nitrogens with one attached hydrogen (secondary N) is 1. The molecule has 0 saturated carbocycles. The minimum absolute atomic E-state index is 0.197. The van der Waals surface area contributed by atoms with Gasteiger partial charge in [-0.3, -0.25) is 0 Å².